The van der Waals surface area contributed by atoms with Crippen molar-refractivity contribution in [1.82, 2.24) is 9.78 Å². The highest BCUT2D eigenvalue weighted by atomic mass is 79.9. The molecule has 0 spiro atoms. The van der Waals surface area contributed by atoms with Crippen LogP contribution in [-0.2, 0) is 6.54 Å². The first kappa shape index (κ1) is 12.8. The maximum atomic E-state index is 10.9. The Balaban J connectivity index is 2.32. The fourth-order valence-corrected chi connectivity index (χ4v) is 2.20. The molecule has 0 radical (unpaired) electrons. The number of halogens is 1. The molecule has 0 aliphatic heterocycles. The molecule has 5 nitrogen and oxygen atoms in total. The van der Waals surface area contributed by atoms with E-state index in [-0.39, 0.29) is 5.69 Å². The van der Waals surface area contributed by atoms with Crippen molar-refractivity contribution >= 4 is 21.6 Å². The smallest absolute Gasteiger partial charge is 0.265 e. The van der Waals surface area contributed by atoms with Gasteiger partial charge in [0.25, 0.3) is 5.69 Å². The van der Waals surface area contributed by atoms with Gasteiger partial charge >= 0.3 is 0 Å². The number of benzene rings is 1. The van der Waals surface area contributed by atoms with Crippen LogP contribution in [0.15, 0.2) is 28.7 Å². The molecule has 0 bridgehead atoms. The summed E-state index contributed by atoms with van der Waals surface area (Å²) in [6.45, 7) is 4.43. The summed E-state index contributed by atoms with van der Waals surface area (Å²) in [5.41, 5.74) is 2.92. The van der Waals surface area contributed by atoms with Crippen LogP contribution in [-0.4, -0.2) is 14.7 Å². The summed E-state index contributed by atoms with van der Waals surface area (Å²) in [7, 11) is 0. The van der Waals surface area contributed by atoms with Gasteiger partial charge in [0.1, 0.15) is 0 Å². The molecule has 0 N–H and O–H groups in total. The SMILES string of the molecule is Cc1cc(C)n(Cc2ccc(Br)c([N+](=O)[O-])c2)n1. The molecular weight excluding hydrogens is 298 g/mol. The average molecular weight is 310 g/mol. The lowest BCUT2D eigenvalue weighted by Gasteiger charge is -2.05. The van der Waals surface area contributed by atoms with E-state index in [1.807, 2.05) is 30.7 Å². The van der Waals surface area contributed by atoms with E-state index in [9.17, 15) is 10.1 Å². The second-order valence-electron chi connectivity index (χ2n) is 4.13. The minimum absolute atomic E-state index is 0.0778. The summed E-state index contributed by atoms with van der Waals surface area (Å²) in [4.78, 5) is 10.5. The van der Waals surface area contributed by atoms with E-state index in [1.54, 1.807) is 12.1 Å². The standard InChI is InChI=1S/C12H12BrN3O2/c1-8-5-9(2)15(14-8)7-10-3-4-11(13)12(6-10)16(17)18/h3-6H,7H2,1-2H3. The molecule has 1 aromatic heterocycles. The Labute approximate surface area is 113 Å². The van der Waals surface area contributed by atoms with Crippen molar-refractivity contribution in [2.24, 2.45) is 0 Å². The van der Waals surface area contributed by atoms with E-state index in [4.69, 9.17) is 0 Å². The van der Waals surface area contributed by atoms with Crippen molar-refractivity contribution in [3.63, 3.8) is 0 Å². The van der Waals surface area contributed by atoms with Crippen molar-refractivity contribution in [3.05, 3.63) is 55.8 Å². The van der Waals surface area contributed by atoms with Gasteiger partial charge in [0, 0.05) is 11.8 Å². The van der Waals surface area contributed by atoms with Crippen molar-refractivity contribution in [2.75, 3.05) is 0 Å². The van der Waals surface area contributed by atoms with Crippen molar-refractivity contribution in [3.8, 4) is 0 Å². The molecule has 2 aromatic rings. The Morgan fingerprint density at radius 2 is 2.11 bits per heavy atom. The largest absolute Gasteiger partial charge is 0.283 e. The van der Waals surface area contributed by atoms with Gasteiger partial charge in [-0.1, -0.05) is 6.07 Å². The summed E-state index contributed by atoms with van der Waals surface area (Å²) in [5, 5.41) is 15.2. The number of aromatic nitrogens is 2. The minimum atomic E-state index is -0.394. The maximum Gasteiger partial charge on any atom is 0.283 e. The third-order valence-electron chi connectivity index (χ3n) is 2.64. The fourth-order valence-electron chi connectivity index (χ4n) is 1.80. The number of hydrogen-bond donors (Lipinski definition) is 0. The van der Waals surface area contributed by atoms with E-state index >= 15 is 0 Å². The number of nitro benzene ring substituents is 1. The second-order valence-corrected chi connectivity index (χ2v) is 4.98. The number of hydrogen-bond acceptors (Lipinski definition) is 3. The highest BCUT2D eigenvalue weighted by molar-refractivity contribution is 9.10. The maximum absolute atomic E-state index is 10.9. The number of nitro groups is 1. The van der Waals surface area contributed by atoms with E-state index in [0.29, 0.717) is 11.0 Å². The van der Waals surface area contributed by atoms with Crippen LogP contribution >= 0.6 is 15.9 Å². The van der Waals surface area contributed by atoms with E-state index in [2.05, 4.69) is 21.0 Å². The van der Waals surface area contributed by atoms with Crippen LogP contribution < -0.4 is 0 Å². The van der Waals surface area contributed by atoms with Gasteiger partial charge in [-0.2, -0.15) is 5.10 Å². The zero-order chi connectivity index (χ0) is 13.3. The van der Waals surface area contributed by atoms with Crippen LogP contribution in [0.2, 0.25) is 0 Å². The van der Waals surface area contributed by atoms with E-state index < -0.39 is 4.92 Å². The molecule has 18 heavy (non-hydrogen) atoms. The first-order valence-corrected chi connectivity index (χ1v) is 6.20. The molecule has 0 unspecified atom stereocenters. The van der Waals surface area contributed by atoms with Gasteiger partial charge in [0.15, 0.2) is 0 Å². The Hall–Kier alpha value is -1.69. The molecule has 0 saturated carbocycles. The van der Waals surface area contributed by atoms with Gasteiger partial charge in [-0.25, -0.2) is 0 Å². The highest BCUT2D eigenvalue weighted by Crippen LogP contribution is 2.26. The van der Waals surface area contributed by atoms with Gasteiger partial charge in [0.05, 0.1) is 21.6 Å². The second kappa shape index (κ2) is 4.89. The molecule has 1 aromatic carbocycles. The molecule has 0 amide bonds. The molecule has 0 aliphatic rings. The van der Waals surface area contributed by atoms with Gasteiger partial charge < -0.3 is 0 Å². The minimum Gasteiger partial charge on any atom is -0.265 e. The molecule has 1 heterocycles. The average Bonchev–Trinajstić information content (AvgIpc) is 2.60. The summed E-state index contributed by atoms with van der Waals surface area (Å²) in [6.07, 6.45) is 0. The van der Waals surface area contributed by atoms with Gasteiger partial charge in [-0.15, -0.1) is 0 Å². The third-order valence-corrected chi connectivity index (χ3v) is 3.31. The van der Waals surface area contributed by atoms with Crippen LogP contribution in [0.1, 0.15) is 17.0 Å². The van der Waals surface area contributed by atoms with Gasteiger partial charge in [-0.05, 0) is 47.5 Å². The predicted octanol–water partition coefficient (Wildman–Crippen LogP) is 3.22. The van der Waals surface area contributed by atoms with Crippen LogP contribution in [0.3, 0.4) is 0 Å². The normalized spacial score (nSPS) is 10.6. The number of nitrogens with zero attached hydrogens (tertiary/aromatic N) is 3. The zero-order valence-corrected chi connectivity index (χ0v) is 11.6. The summed E-state index contributed by atoms with van der Waals surface area (Å²) in [5.74, 6) is 0. The Kier molecular flexibility index (Phi) is 3.47. The van der Waals surface area contributed by atoms with Gasteiger partial charge in [-0.3, -0.25) is 14.8 Å². The van der Waals surface area contributed by atoms with Crippen LogP contribution in [0.25, 0.3) is 0 Å². The topological polar surface area (TPSA) is 61.0 Å². The molecule has 94 valence electrons. The lowest BCUT2D eigenvalue weighted by molar-refractivity contribution is -0.385. The fraction of sp³-hybridized carbons (Fsp3) is 0.250. The first-order valence-electron chi connectivity index (χ1n) is 5.41. The van der Waals surface area contributed by atoms with Crippen molar-refractivity contribution < 1.29 is 4.92 Å². The lowest BCUT2D eigenvalue weighted by atomic mass is 10.2. The van der Waals surface area contributed by atoms with Crippen LogP contribution in [0.5, 0.6) is 0 Å². The van der Waals surface area contributed by atoms with Crippen LogP contribution in [0, 0.1) is 24.0 Å². The van der Waals surface area contributed by atoms with E-state index in [1.165, 1.54) is 0 Å². The van der Waals surface area contributed by atoms with Crippen molar-refractivity contribution in [2.45, 2.75) is 20.4 Å². The molecular formula is C12H12BrN3O2. The zero-order valence-electron chi connectivity index (χ0n) is 10.1. The first-order chi connectivity index (χ1) is 8.47. The Morgan fingerprint density at radius 3 is 2.67 bits per heavy atom. The quantitative estimate of drug-likeness (QED) is 0.646. The number of rotatable bonds is 3. The molecule has 2 rings (SSSR count). The summed E-state index contributed by atoms with van der Waals surface area (Å²) < 4.78 is 2.33. The van der Waals surface area contributed by atoms with Crippen molar-refractivity contribution in [1.29, 1.82) is 0 Å². The monoisotopic (exact) mass is 309 g/mol. The number of aryl methyl sites for hydroxylation is 2. The molecule has 6 heteroatoms. The highest BCUT2D eigenvalue weighted by Gasteiger charge is 2.13. The predicted molar refractivity (Wildman–Crippen MR) is 71.6 cm³/mol. The summed E-state index contributed by atoms with van der Waals surface area (Å²) in [6, 6.07) is 7.10. The summed E-state index contributed by atoms with van der Waals surface area (Å²) >= 11 is 3.17. The van der Waals surface area contributed by atoms with Gasteiger partial charge in [0.2, 0.25) is 0 Å². The Morgan fingerprint density at radius 1 is 1.39 bits per heavy atom. The lowest BCUT2D eigenvalue weighted by Crippen LogP contribution is -2.04. The van der Waals surface area contributed by atoms with Crippen LogP contribution in [0.4, 0.5) is 5.69 Å². The third kappa shape index (κ3) is 2.59. The molecule has 0 aliphatic carbocycles. The Bertz CT molecular complexity index is 607. The molecule has 0 saturated heterocycles. The molecule has 0 fully saturated rings. The molecule has 0 atom stereocenters. The van der Waals surface area contributed by atoms with E-state index in [0.717, 1.165) is 17.0 Å².